The molecule has 1 aliphatic rings. The van der Waals surface area contributed by atoms with Gasteiger partial charge < -0.3 is 15.0 Å². The van der Waals surface area contributed by atoms with Gasteiger partial charge in [-0.3, -0.25) is 4.79 Å². The Morgan fingerprint density at radius 3 is 2.75 bits per heavy atom. The minimum absolute atomic E-state index is 0.309. The summed E-state index contributed by atoms with van der Waals surface area (Å²) in [5, 5.41) is 9.97. The maximum absolute atomic E-state index is 11.2. The number of carbonyl (C=O) groups excluding carboxylic acids is 1. The van der Waals surface area contributed by atoms with Crippen LogP contribution in [0.2, 0.25) is 0 Å². The number of aromatic amines is 1. The van der Waals surface area contributed by atoms with Gasteiger partial charge in [-0.05, 0) is 30.4 Å². The third-order valence-corrected chi connectivity index (χ3v) is 4.10. The molecule has 5 heteroatoms. The van der Waals surface area contributed by atoms with Crippen molar-refractivity contribution in [2.24, 2.45) is 0 Å². The molecular weight excluding hydrogens is 256 g/mol. The number of aromatic nitrogens is 1. The van der Waals surface area contributed by atoms with Gasteiger partial charge in [0.2, 0.25) is 0 Å². The predicted octanol–water partition coefficient (Wildman–Crippen LogP) is 2.84. The molecule has 5 nitrogen and oxygen atoms in total. The summed E-state index contributed by atoms with van der Waals surface area (Å²) in [5.41, 5.74) is 2.79. The van der Waals surface area contributed by atoms with Gasteiger partial charge in [-0.1, -0.05) is 12.1 Å². The fourth-order valence-electron chi connectivity index (χ4n) is 3.06. The van der Waals surface area contributed by atoms with Crippen LogP contribution in [0.4, 0.5) is 4.79 Å². The van der Waals surface area contributed by atoms with E-state index in [0.29, 0.717) is 24.6 Å². The van der Waals surface area contributed by atoms with E-state index in [-0.39, 0.29) is 0 Å². The summed E-state index contributed by atoms with van der Waals surface area (Å²) in [6, 6.07) is 5.98. The minimum Gasteiger partial charge on any atom is -0.465 e. The van der Waals surface area contributed by atoms with Crippen LogP contribution in [0.15, 0.2) is 24.4 Å². The zero-order valence-electron chi connectivity index (χ0n) is 11.0. The van der Waals surface area contributed by atoms with Gasteiger partial charge in [0.15, 0.2) is 6.29 Å². The van der Waals surface area contributed by atoms with Gasteiger partial charge in [0.1, 0.15) is 0 Å². The Kier molecular flexibility index (Phi) is 3.18. The van der Waals surface area contributed by atoms with E-state index >= 15 is 0 Å². The summed E-state index contributed by atoms with van der Waals surface area (Å²) in [5.74, 6) is 0.309. The molecule has 3 rings (SSSR count). The van der Waals surface area contributed by atoms with Crippen LogP contribution in [0.5, 0.6) is 0 Å². The van der Waals surface area contributed by atoms with E-state index in [9.17, 15) is 9.59 Å². The summed E-state index contributed by atoms with van der Waals surface area (Å²) in [6.45, 7) is 1.11. The number of amides is 1. The van der Waals surface area contributed by atoms with Crippen LogP contribution >= 0.6 is 0 Å². The highest BCUT2D eigenvalue weighted by Crippen LogP contribution is 2.34. The number of likely N-dealkylation sites (tertiary alicyclic amines) is 1. The smallest absolute Gasteiger partial charge is 0.407 e. The molecule has 2 heterocycles. The first kappa shape index (κ1) is 12.7. The first-order valence-corrected chi connectivity index (χ1v) is 6.73. The Labute approximate surface area is 116 Å². The lowest BCUT2D eigenvalue weighted by Crippen LogP contribution is -2.36. The van der Waals surface area contributed by atoms with E-state index in [0.717, 1.165) is 35.6 Å². The highest BCUT2D eigenvalue weighted by molar-refractivity contribution is 5.99. The summed E-state index contributed by atoms with van der Waals surface area (Å²) in [7, 11) is 0. The second-order valence-electron chi connectivity index (χ2n) is 5.18. The van der Waals surface area contributed by atoms with E-state index in [1.165, 1.54) is 4.90 Å². The summed E-state index contributed by atoms with van der Waals surface area (Å²) in [6.07, 6.45) is 3.35. The molecule has 0 bridgehead atoms. The third kappa shape index (κ3) is 2.05. The van der Waals surface area contributed by atoms with E-state index in [1.807, 2.05) is 18.2 Å². The lowest BCUT2D eigenvalue weighted by molar-refractivity contribution is 0.112. The minimum atomic E-state index is -0.850. The van der Waals surface area contributed by atoms with Crippen LogP contribution in [-0.4, -0.2) is 40.5 Å². The second-order valence-corrected chi connectivity index (χ2v) is 5.18. The highest BCUT2D eigenvalue weighted by atomic mass is 16.4. The number of piperidine rings is 1. The number of aldehydes is 1. The summed E-state index contributed by atoms with van der Waals surface area (Å²) < 4.78 is 0. The highest BCUT2D eigenvalue weighted by Gasteiger charge is 2.25. The third-order valence-electron chi connectivity index (χ3n) is 4.10. The fourth-order valence-corrected chi connectivity index (χ4v) is 3.06. The summed E-state index contributed by atoms with van der Waals surface area (Å²) >= 11 is 0. The zero-order valence-corrected chi connectivity index (χ0v) is 11.0. The second kappa shape index (κ2) is 5.00. The Bertz CT molecular complexity index is 654. The van der Waals surface area contributed by atoms with Crippen molar-refractivity contribution >= 4 is 23.3 Å². The average molecular weight is 272 g/mol. The number of hydrogen-bond acceptors (Lipinski definition) is 2. The molecule has 0 spiro atoms. The summed E-state index contributed by atoms with van der Waals surface area (Å²) in [4.78, 5) is 26.7. The van der Waals surface area contributed by atoms with Crippen molar-refractivity contribution in [3.8, 4) is 0 Å². The number of rotatable bonds is 2. The molecule has 1 fully saturated rings. The Balaban J connectivity index is 1.93. The molecule has 0 atom stereocenters. The van der Waals surface area contributed by atoms with Gasteiger partial charge in [0, 0.05) is 35.8 Å². The Morgan fingerprint density at radius 1 is 1.35 bits per heavy atom. The van der Waals surface area contributed by atoms with Gasteiger partial charge >= 0.3 is 6.09 Å². The SMILES string of the molecule is O=Cc1c[nH]c2cccc(C3CCN(C(=O)O)CC3)c12. The lowest BCUT2D eigenvalue weighted by Gasteiger charge is -2.30. The maximum Gasteiger partial charge on any atom is 0.407 e. The van der Waals surface area contributed by atoms with E-state index < -0.39 is 6.09 Å². The number of benzene rings is 1. The Morgan fingerprint density at radius 2 is 2.10 bits per heavy atom. The largest absolute Gasteiger partial charge is 0.465 e. The predicted molar refractivity (Wildman–Crippen MR) is 75.3 cm³/mol. The number of fused-ring (bicyclic) bond motifs is 1. The van der Waals surface area contributed by atoms with Crippen LogP contribution < -0.4 is 0 Å². The van der Waals surface area contributed by atoms with Crippen LogP contribution in [0.3, 0.4) is 0 Å². The van der Waals surface area contributed by atoms with Gasteiger partial charge in [-0.25, -0.2) is 4.79 Å². The average Bonchev–Trinajstić information content (AvgIpc) is 2.90. The quantitative estimate of drug-likeness (QED) is 0.825. The standard InChI is InChI=1S/C15H16N2O3/c18-9-11-8-16-13-3-1-2-12(14(11)13)10-4-6-17(7-5-10)15(19)20/h1-3,8-10,16H,4-7H2,(H,19,20). The van der Waals surface area contributed by atoms with Crippen molar-refractivity contribution in [3.63, 3.8) is 0 Å². The first-order chi connectivity index (χ1) is 9.70. The molecule has 0 saturated carbocycles. The molecule has 1 aromatic heterocycles. The molecule has 2 N–H and O–H groups in total. The first-order valence-electron chi connectivity index (χ1n) is 6.73. The van der Waals surface area contributed by atoms with Crippen molar-refractivity contribution in [2.75, 3.05) is 13.1 Å². The van der Waals surface area contributed by atoms with E-state index in [2.05, 4.69) is 4.98 Å². The van der Waals surface area contributed by atoms with Crippen LogP contribution in [0.1, 0.15) is 34.7 Å². The van der Waals surface area contributed by atoms with Crippen molar-refractivity contribution in [2.45, 2.75) is 18.8 Å². The number of nitrogens with one attached hydrogen (secondary N) is 1. The normalized spacial score (nSPS) is 16.5. The van der Waals surface area contributed by atoms with E-state index in [4.69, 9.17) is 5.11 Å². The number of carboxylic acid groups (broad SMARTS) is 1. The van der Waals surface area contributed by atoms with Gasteiger partial charge in [0.25, 0.3) is 0 Å². The number of nitrogens with zero attached hydrogens (tertiary/aromatic N) is 1. The number of carbonyl (C=O) groups is 2. The monoisotopic (exact) mass is 272 g/mol. The Hall–Kier alpha value is -2.30. The molecule has 2 aromatic rings. The number of hydrogen-bond donors (Lipinski definition) is 2. The van der Waals surface area contributed by atoms with E-state index in [1.54, 1.807) is 6.20 Å². The molecule has 20 heavy (non-hydrogen) atoms. The molecule has 0 unspecified atom stereocenters. The lowest BCUT2D eigenvalue weighted by atomic mass is 9.87. The molecule has 0 aliphatic carbocycles. The molecule has 1 aromatic carbocycles. The zero-order chi connectivity index (χ0) is 14.1. The molecule has 1 aliphatic heterocycles. The molecule has 1 amide bonds. The van der Waals surface area contributed by atoms with Crippen molar-refractivity contribution < 1.29 is 14.7 Å². The van der Waals surface area contributed by atoms with Crippen LogP contribution in [-0.2, 0) is 0 Å². The van der Waals surface area contributed by atoms with Gasteiger partial charge in [0.05, 0.1) is 0 Å². The topological polar surface area (TPSA) is 73.4 Å². The molecule has 104 valence electrons. The van der Waals surface area contributed by atoms with Crippen LogP contribution in [0, 0.1) is 0 Å². The van der Waals surface area contributed by atoms with Crippen molar-refractivity contribution in [1.29, 1.82) is 0 Å². The fraction of sp³-hybridized carbons (Fsp3) is 0.333. The van der Waals surface area contributed by atoms with Gasteiger partial charge in [-0.2, -0.15) is 0 Å². The van der Waals surface area contributed by atoms with Crippen molar-refractivity contribution in [3.05, 3.63) is 35.5 Å². The number of H-pyrrole nitrogens is 1. The molecule has 0 radical (unpaired) electrons. The van der Waals surface area contributed by atoms with Gasteiger partial charge in [-0.15, -0.1) is 0 Å². The van der Waals surface area contributed by atoms with Crippen molar-refractivity contribution in [1.82, 2.24) is 9.88 Å². The maximum atomic E-state index is 11.2. The van der Waals surface area contributed by atoms with Crippen LogP contribution in [0.25, 0.3) is 10.9 Å². The molecular formula is C15H16N2O3. The molecule has 1 saturated heterocycles.